The quantitative estimate of drug-likeness (QED) is 0.863. The fraction of sp³-hybridized carbons (Fsp3) is 0.615. The molecule has 94 valence electrons. The predicted molar refractivity (Wildman–Crippen MR) is 75.6 cm³/mol. The standard InChI is InChI=1S/C13H18BrNOS/c14-12-9-8-11(17-12)13(16)15-10-6-4-2-1-3-5-7-10/h8-10H,1-7H2,(H,15,16). The first-order valence-corrected chi connectivity index (χ1v) is 7.93. The molecular formula is C13H18BrNOS. The van der Waals surface area contributed by atoms with Gasteiger partial charge in [0.2, 0.25) is 0 Å². The Bertz CT molecular complexity index is 369. The summed E-state index contributed by atoms with van der Waals surface area (Å²) in [5, 5.41) is 3.17. The van der Waals surface area contributed by atoms with Crippen molar-refractivity contribution < 1.29 is 4.79 Å². The summed E-state index contributed by atoms with van der Waals surface area (Å²) >= 11 is 4.89. The molecule has 1 aliphatic carbocycles. The second-order valence-corrected chi connectivity index (χ2v) is 7.08. The van der Waals surface area contributed by atoms with E-state index in [0.29, 0.717) is 6.04 Å². The third kappa shape index (κ3) is 4.11. The summed E-state index contributed by atoms with van der Waals surface area (Å²) in [7, 11) is 0. The Morgan fingerprint density at radius 1 is 1.18 bits per heavy atom. The van der Waals surface area contributed by atoms with Crippen LogP contribution < -0.4 is 5.32 Å². The topological polar surface area (TPSA) is 29.1 Å². The van der Waals surface area contributed by atoms with Crippen molar-refractivity contribution in [3.05, 3.63) is 20.8 Å². The van der Waals surface area contributed by atoms with Crippen LogP contribution in [0, 0.1) is 0 Å². The van der Waals surface area contributed by atoms with Crippen LogP contribution in [0.25, 0.3) is 0 Å². The van der Waals surface area contributed by atoms with Crippen LogP contribution in [0.1, 0.15) is 54.6 Å². The molecule has 1 N–H and O–H groups in total. The van der Waals surface area contributed by atoms with Crippen molar-refractivity contribution >= 4 is 33.2 Å². The highest BCUT2D eigenvalue weighted by molar-refractivity contribution is 9.11. The third-order valence-corrected chi connectivity index (χ3v) is 4.86. The molecule has 0 radical (unpaired) electrons. The van der Waals surface area contributed by atoms with E-state index in [4.69, 9.17) is 0 Å². The molecule has 1 heterocycles. The normalized spacial score (nSPS) is 18.4. The molecule has 1 aliphatic rings. The summed E-state index contributed by atoms with van der Waals surface area (Å²) in [6.45, 7) is 0. The van der Waals surface area contributed by atoms with Crippen molar-refractivity contribution in [1.29, 1.82) is 0 Å². The maximum Gasteiger partial charge on any atom is 0.261 e. The Morgan fingerprint density at radius 3 is 2.41 bits per heavy atom. The minimum atomic E-state index is 0.0891. The number of halogens is 1. The molecule has 2 nitrogen and oxygen atoms in total. The van der Waals surface area contributed by atoms with Crippen LogP contribution in [0.15, 0.2) is 15.9 Å². The van der Waals surface area contributed by atoms with Crippen LogP contribution in [0.4, 0.5) is 0 Å². The SMILES string of the molecule is O=C(NC1CCCCCCC1)c1ccc(Br)s1. The summed E-state index contributed by atoms with van der Waals surface area (Å²) < 4.78 is 1.01. The average molecular weight is 316 g/mol. The van der Waals surface area contributed by atoms with Gasteiger partial charge in [-0.25, -0.2) is 0 Å². The molecule has 0 aliphatic heterocycles. The molecule has 1 saturated carbocycles. The van der Waals surface area contributed by atoms with Crippen molar-refractivity contribution in [3.63, 3.8) is 0 Å². The molecule has 0 aromatic carbocycles. The number of rotatable bonds is 2. The van der Waals surface area contributed by atoms with E-state index in [1.807, 2.05) is 12.1 Å². The van der Waals surface area contributed by atoms with E-state index in [2.05, 4.69) is 21.2 Å². The van der Waals surface area contributed by atoms with E-state index >= 15 is 0 Å². The van der Waals surface area contributed by atoms with Crippen LogP contribution in [-0.2, 0) is 0 Å². The summed E-state index contributed by atoms with van der Waals surface area (Å²) in [4.78, 5) is 12.8. The van der Waals surface area contributed by atoms with Gasteiger partial charge in [-0.05, 0) is 40.9 Å². The van der Waals surface area contributed by atoms with E-state index < -0.39 is 0 Å². The van der Waals surface area contributed by atoms with Crippen molar-refractivity contribution in [3.8, 4) is 0 Å². The van der Waals surface area contributed by atoms with Gasteiger partial charge in [-0.1, -0.05) is 32.1 Å². The highest BCUT2D eigenvalue weighted by Crippen LogP contribution is 2.23. The number of nitrogens with one attached hydrogen (secondary N) is 1. The first kappa shape index (κ1) is 13.1. The lowest BCUT2D eigenvalue weighted by molar-refractivity contribution is 0.0934. The molecule has 0 saturated heterocycles. The van der Waals surface area contributed by atoms with E-state index in [9.17, 15) is 4.79 Å². The molecule has 17 heavy (non-hydrogen) atoms. The van der Waals surface area contributed by atoms with Crippen molar-refractivity contribution in [1.82, 2.24) is 5.32 Å². The van der Waals surface area contributed by atoms with Gasteiger partial charge in [-0.3, -0.25) is 4.79 Å². The Morgan fingerprint density at radius 2 is 1.82 bits per heavy atom. The lowest BCUT2D eigenvalue weighted by Crippen LogP contribution is -2.34. The average Bonchev–Trinajstić information content (AvgIpc) is 2.68. The van der Waals surface area contributed by atoms with Gasteiger partial charge in [-0.15, -0.1) is 11.3 Å². The fourth-order valence-corrected chi connectivity index (χ4v) is 3.58. The van der Waals surface area contributed by atoms with Gasteiger partial charge in [0.15, 0.2) is 0 Å². The molecule has 0 bridgehead atoms. The largest absolute Gasteiger partial charge is 0.349 e. The second kappa shape index (κ2) is 6.55. The highest BCUT2D eigenvalue weighted by Gasteiger charge is 2.16. The van der Waals surface area contributed by atoms with Crippen LogP contribution in [0.5, 0.6) is 0 Å². The van der Waals surface area contributed by atoms with Crippen LogP contribution >= 0.6 is 27.3 Å². The third-order valence-electron chi connectivity index (χ3n) is 3.24. The second-order valence-electron chi connectivity index (χ2n) is 4.62. The zero-order chi connectivity index (χ0) is 12.1. The molecule has 4 heteroatoms. The molecule has 0 spiro atoms. The monoisotopic (exact) mass is 315 g/mol. The first-order valence-electron chi connectivity index (χ1n) is 6.32. The zero-order valence-electron chi connectivity index (χ0n) is 9.88. The van der Waals surface area contributed by atoms with Crippen LogP contribution in [0.2, 0.25) is 0 Å². The van der Waals surface area contributed by atoms with Crippen LogP contribution in [-0.4, -0.2) is 11.9 Å². The van der Waals surface area contributed by atoms with Crippen molar-refractivity contribution in [2.45, 2.75) is 51.0 Å². The van der Waals surface area contributed by atoms with Gasteiger partial charge in [0.25, 0.3) is 5.91 Å². The first-order chi connectivity index (χ1) is 8.25. The van der Waals surface area contributed by atoms with Gasteiger partial charge in [0.05, 0.1) is 8.66 Å². The lowest BCUT2D eigenvalue weighted by atomic mass is 9.97. The summed E-state index contributed by atoms with van der Waals surface area (Å²) in [6.07, 6.45) is 8.76. The number of carbonyl (C=O) groups is 1. The molecule has 1 aromatic heterocycles. The van der Waals surface area contributed by atoms with E-state index in [0.717, 1.165) is 21.5 Å². The highest BCUT2D eigenvalue weighted by atomic mass is 79.9. The van der Waals surface area contributed by atoms with Gasteiger partial charge >= 0.3 is 0 Å². The smallest absolute Gasteiger partial charge is 0.261 e. The van der Waals surface area contributed by atoms with Crippen LogP contribution in [0.3, 0.4) is 0 Å². The van der Waals surface area contributed by atoms with E-state index in [-0.39, 0.29) is 5.91 Å². The van der Waals surface area contributed by atoms with E-state index in [1.165, 1.54) is 43.4 Å². The Hall–Kier alpha value is -0.350. The molecule has 1 fully saturated rings. The van der Waals surface area contributed by atoms with Gasteiger partial charge in [0.1, 0.15) is 0 Å². The van der Waals surface area contributed by atoms with Crippen molar-refractivity contribution in [2.24, 2.45) is 0 Å². The van der Waals surface area contributed by atoms with Gasteiger partial charge in [-0.2, -0.15) is 0 Å². The zero-order valence-corrected chi connectivity index (χ0v) is 12.3. The number of hydrogen-bond acceptors (Lipinski definition) is 2. The predicted octanol–water partition coefficient (Wildman–Crippen LogP) is 4.35. The molecule has 0 unspecified atom stereocenters. The maximum atomic E-state index is 12.0. The minimum absolute atomic E-state index is 0.0891. The number of thiophene rings is 1. The summed E-state index contributed by atoms with van der Waals surface area (Å²) in [5.41, 5.74) is 0. The molecule has 2 rings (SSSR count). The Kier molecular flexibility index (Phi) is 5.04. The maximum absolute atomic E-state index is 12.0. The van der Waals surface area contributed by atoms with E-state index in [1.54, 1.807) is 0 Å². The fourth-order valence-electron chi connectivity index (χ4n) is 2.29. The Labute approximate surface area is 115 Å². The Balaban J connectivity index is 1.88. The summed E-state index contributed by atoms with van der Waals surface area (Å²) in [6, 6.07) is 4.19. The number of amides is 1. The molecule has 1 aromatic rings. The number of carbonyl (C=O) groups excluding carboxylic acids is 1. The minimum Gasteiger partial charge on any atom is -0.349 e. The molecule has 1 amide bonds. The van der Waals surface area contributed by atoms with Gasteiger partial charge < -0.3 is 5.32 Å². The summed E-state index contributed by atoms with van der Waals surface area (Å²) in [5.74, 6) is 0.0891. The van der Waals surface area contributed by atoms with Gasteiger partial charge in [0, 0.05) is 6.04 Å². The number of hydrogen-bond donors (Lipinski definition) is 1. The van der Waals surface area contributed by atoms with Crippen molar-refractivity contribution in [2.75, 3.05) is 0 Å². The molecular weight excluding hydrogens is 298 g/mol. The molecule has 0 atom stereocenters. The lowest BCUT2D eigenvalue weighted by Gasteiger charge is -2.20.